The minimum absolute atomic E-state index is 0.127. The number of benzene rings is 1. The first-order valence-electron chi connectivity index (χ1n) is 7.60. The molecule has 0 spiro atoms. The van der Waals surface area contributed by atoms with E-state index >= 15 is 0 Å². The maximum Gasteiger partial charge on any atom is 0.254 e. The van der Waals surface area contributed by atoms with Crippen LogP contribution in [0.2, 0.25) is 0 Å². The van der Waals surface area contributed by atoms with Gasteiger partial charge in [-0.2, -0.15) is 10.4 Å². The molecule has 8 heteroatoms. The van der Waals surface area contributed by atoms with Crippen LogP contribution in [-0.4, -0.2) is 28.8 Å². The van der Waals surface area contributed by atoms with Gasteiger partial charge in [-0.15, -0.1) is 0 Å². The molecule has 0 bridgehead atoms. The van der Waals surface area contributed by atoms with Gasteiger partial charge in [0.2, 0.25) is 0 Å². The lowest BCUT2D eigenvalue weighted by molar-refractivity contribution is 0.100. The highest BCUT2D eigenvalue weighted by molar-refractivity contribution is 5.98. The predicted octanol–water partition coefficient (Wildman–Crippen LogP) is 1.54. The number of aromatic nitrogens is 2. The van der Waals surface area contributed by atoms with Gasteiger partial charge in [-0.05, 0) is 37.2 Å². The third-order valence-electron chi connectivity index (χ3n) is 4.06. The van der Waals surface area contributed by atoms with Crippen LogP contribution in [0.3, 0.4) is 0 Å². The number of hydrogen-bond donors (Lipinski definition) is 3. The summed E-state index contributed by atoms with van der Waals surface area (Å²) in [6, 6.07) is 7.84. The van der Waals surface area contributed by atoms with Crippen LogP contribution in [0.15, 0.2) is 30.5 Å². The Labute approximate surface area is 138 Å². The number of rotatable bonds is 4. The van der Waals surface area contributed by atoms with E-state index in [1.807, 2.05) is 0 Å². The molecule has 3 rings (SSSR count). The summed E-state index contributed by atoms with van der Waals surface area (Å²) >= 11 is 0. The summed E-state index contributed by atoms with van der Waals surface area (Å²) in [5.41, 5.74) is 6.25. The van der Waals surface area contributed by atoms with Gasteiger partial charge in [0.05, 0.1) is 18.0 Å². The van der Waals surface area contributed by atoms with Crippen molar-refractivity contribution in [3.8, 4) is 6.07 Å². The molecule has 0 unspecified atom stereocenters. The van der Waals surface area contributed by atoms with E-state index in [0.717, 1.165) is 13.0 Å². The number of nitrogens with one attached hydrogen (secondary N) is 2. The van der Waals surface area contributed by atoms with Crippen molar-refractivity contribution in [2.45, 2.75) is 12.5 Å². The lowest BCUT2D eigenvalue weighted by atomic mass is 9.95. The SMILES string of the molecule is N#C[C@H]1CNCC[C@H]1n1cc(C(N)=O)c(Nc2ccc(F)cc2)n1. The molecule has 124 valence electrons. The number of nitrogens with zero attached hydrogens (tertiary/aromatic N) is 3. The second-order valence-corrected chi connectivity index (χ2v) is 5.66. The number of nitriles is 1. The molecule has 4 N–H and O–H groups in total. The van der Waals surface area contributed by atoms with Gasteiger partial charge in [0.1, 0.15) is 11.4 Å². The normalized spacial score (nSPS) is 20.3. The molecule has 1 fully saturated rings. The molecule has 1 amide bonds. The summed E-state index contributed by atoms with van der Waals surface area (Å²) < 4.78 is 14.6. The first kappa shape index (κ1) is 16.0. The number of primary amides is 1. The molecular weight excluding hydrogens is 311 g/mol. The molecular formula is C16H17FN6O. The fourth-order valence-electron chi connectivity index (χ4n) is 2.80. The lowest BCUT2D eigenvalue weighted by Gasteiger charge is -2.27. The van der Waals surface area contributed by atoms with Crippen LogP contribution in [0.1, 0.15) is 22.8 Å². The van der Waals surface area contributed by atoms with Crippen LogP contribution < -0.4 is 16.4 Å². The fourth-order valence-corrected chi connectivity index (χ4v) is 2.80. The van der Waals surface area contributed by atoms with E-state index in [4.69, 9.17) is 5.73 Å². The number of carbonyl (C=O) groups is 1. The minimum atomic E-state index is -0.617. The molecule has 1 aromatic carbocycles. The van der Waals surface area contributed by atoms with E-state index in [2.05, 4.69) is 21.8 Å². The maximum absolute atomic E-state index is 13.0. The molecule has 2 atom stereocenters. The number of anilines is 2. The molecule has 24 heavy (non-hydrogen) atoms. The molecule has 1 saturated heterocycles. The van der Waals surface area contributed by atoms with Crippen molar-refractivity contribution in [3.05, 3.63) is 41.8 Å². The molecule has 2 aromatic rings. The Hall–Kier alpha value is -2.92. The summed E-state index contributed by atoms with van der Waals surface area (Å²) in [5, 5.41) is 19.8. The van der Waals surface area contributed by atoms with E-state index in [1.54, 1.807) is 23.0 Å². The Morgan fingerprint density at radius 2 is 2.21 bits per heavy atom. The number of piperidine rings is 1. The number of halogens is 1. The van der Waals surface area contributed by atoms with Gasteiger partial charge in [0, 0.05) is 18.4 Å². The standard InChI is InChI=1S/C16H17FN6O/c17-11-1-3-12(4-2-11)21-16-13(15(19)24)9-23(22-16)14-5-6-20-8-10(14)7-18/h1-4,9-10,14,20H,5-6,8H2,(H2,19,24)(H,21,22)/t10-,14+/m0/s1. The van der Waals surface area contributed by atoms with Gasteiger partial charge >= 0.3 is 0 Å². The van der Waals surface area contributed by atoms with E-state index in [-0.39, 0.29) is 23.3 Å². The molecule has 1 aliphatic rings. The zero-order valence-electron chi connectivity index (χ0n) is 12.9. The smallest absolute Gasteiger partial charge is 0.254 e. The van der Waals surface area contributed by atoms with Crippen molar-refractivity contribution in [2.75, 3.05) is 18.4 Å². The highest BCUT2D eigenvalue weighted by Crippen LogP contribution is 2.27. The van der Waals surface area contributed by atoms with Crippen molar-refractivity contribution < 1.29 is 9.18 Å². The summed E-state index contributed by atoms with van der Waals surface area (Å²) in [7, 11) is 0. The van der Waals surface area contributed by atoms with E-state index < -0.39 is 5.91 Å². The van der Waals surface area contributed by atoms with Crippen LogP contribution in [0.4, 0.5) is 15.9 Å². The number of carbonyl (C=O) groups excluding carboxylic acids is 1. The first-order chi connectivity index (χ1) is 11.6. The van der Waals surface area contributed by atoms with E-state index in [1.165, 1.54) is 12.1 Å². The highest BCUT2D eigenvalue weighted by Gasteiger charge is 2.28. The Kier molecular flexibility index (Phi) is 4.44. The van der Waals surface area contributed by atoms with Crippen molar-refractivity contribution in [3.63, 3.8) is 0 Å². The summed E-state index contributed by atoms with van der Waals surface area (Å²) in [6.07, 6.45) is 2.29. The molecule has 0 radical (unpaired) electrons. The van der Waals surface area contributed by atoms with Crippen molar-refractivity contribution in [1.29, 1.82) is 5.26 Å². The lowest BCUT2D eigenvalue weighted by Crippen LogP contribution is -2.37. The highest BCUT2D eigenvalue weighted by atomic mass is 19.1. The van der Waals surface area contributed by atoms with Gasteiger partial charge in [-0.1, -0.05) is 0 Å². The molecule has 7 nitrogen and oxygen atoms in total. The quantitative estimate of drug-likeness (QED) is 0.789. The van der Waals surface area contributed by atoms with Gasteiger partial charge < -0.3 is 16.4 Å². The van der Waals surface area contributed by atoms with Crippen LogP contribution >= 0.6 is 0 Å². The number of hydrogen-bond acceptors (Lipinski definition) is 5. The van der Waals surface area contributed by atoms with Gasteiger partial charge in [0.15, 0.2) is 5.82 Å². The Morgan fingerprint density at radius 3 is 2.88 bits per heavy atom. The number of amides is 1. The molecule has 0 aliphatic carbocycles. The van der Waals surface area contributed by atoms with E-state index in [0.29, 0.717) is 18.1 Å². The maximum atomic E-state index is 13.0. The second-order valence-electron chi connectivity index (χ2n) is 5.66. The monoisotopic (exact) mass is 328 g/mol. The molecule has 1 aromatic heterocycles. The van der Waals surface area contributed by atoms with Crippen molar-refractivity contribution in [2.24, 2.45) is 11.7 Å². The van der Waals surface area contributed by atoms with Gasteiger partial charge in [-0.25, -0.2) is 4.39 Å². The van der Waals surface area contributed by atoms with Gasteiger partial charge in [0.25, 0.3) is 5.91 Å². The number of nitrogens with two attached hydrogens (primary N) is 1. The van der Waals surface area contributed by atoms with Crippen molar-refractivity contribution in [1.82, 2.24) is 15.1 Å². The fraction of sp³-hybridized carbons (Fsp3) is 0.312. The Bertz CT molecular complexity index is 779. The van der Waals surface area contributed by atoms with Crippen LogP contribution in [0.25, 0.3) is 0 Å². The zero-order valence-corrected chi connectivity index (χ0v) is 12.9. The third-order valence-corrected chi connectivity index (χ3v) is 4.06. The summed E-state index contributed by atoms with van der Waals surface area (Å²) in [4.78, 5) is 11.7. The topological polar surface area (TPSA) is 109 Å². The summed E-state index contributed by atoms with van der Waals surface area (Å²) in [6.45, 7) is 1.35. The zero-order chi connectivity index (χ0) is 17.1. The minimum Gasteiger partial charge on any atom is -0.365 e. The van der Waals surface area contributed by atoms with Gasteiger partial charge in [-0.3, -0.25) is 9.48 Å². The first-order valence-corrected chi connectivity index (χ1v) is 7.60. The van der Waals surface area contributed by atoms with Crippen molar-refractivity contribution >= 4 is 17.4 Å². The predicted molar refractivity (Wildman–Crippen MR) is 86.1 cm³/mol. The average Bonchev–Trinajstić information content (AvgIpc) is 3.01. The van der Waals surface area contributed by atoms with Crippen LogP contribution in [-0.2, 0) is 0 Å². The van der Waals surface area contributed by atoms with Crippen LogP contribution in [0.5, 0.6) is 0 Å². The van der Waals surface area contributed by atoms with E-state index in [9.17, 15) is 14.4 Å². The largest absolute Gasteiger partial charge is 0.365 e. The van der Waals surface area contributed by atoms with Crippen LogP contribution in [0, 0.1) is 23.1 Å². The molecule has 0 saturated carbocycles. The average molecular weight is 328 g/mol. The second kappa shape index (κ2) is 6.68. The third kappa shape index (κ3) is 3.21. The molecule has 1 aliphatic heterocycles. The summed E-state index contributed by atoms with van der Waals surface area (Å²) in [5.74, 6) is -0.913. The molecule has 2 heterocycles. The Morgan fingerprint density at radius 1 is 1.46 bits per heavy atom. The Balaban J connectivity index is 1.91.